The van der Waals surface area contributed by atoms with Crippen LogP contribution < -0.4 is 4.74 Å². The predicted molar refractivity (Wildman–Crippen MR) is 107 cm³/mol. The lowest BCUT2D eigenvalue weighted by molar-refractivity contribution is 0.223. The first-order chi connectivity index (χ1) is 12.3. The number of rotatable bonds is 9. The molecule has 0 bridgehead atoms. The van der Waals surface area contributed by atoms with Gasteiger partial charge in [-0.15, -0.1) is 11.3 Å². The molecule has 0 aliphatic heterocycles. The third kappa shape index (κ3) is 5.03. The van der Waals surface area contributed by atoms with Crippen molar-refractivity contribution in [2.75, 3.05) is 26.2 Å². The third-order valence-corrected chi connectivity index (χ3v) is 5.52. The molecular formula is C21H26N2OS. The second kappa shape index (κ2) is 8.97. The van der Waals surface area contributed by atoms with E-state index < -0.39 is 0 Å². The van der Waals surface area contributed by atoms with Crippen molar-refractivity contribution in [3.63, 3.8) is 0 Å². The standard InChI is InChI=1S/C21H26N2OS/c1-3-23(4-2)14-15-24-18-11-12-19-20(16-18)25-21(22-19)13-10-17-8-6-5-7-9-17/h5-9,11-12,16H,3-4,10,13-15H2,1-2H3. The van der Waals surface area contributed by atoms with E-state index in [9.17, 15) is 0 Å². The smallest absolute Gasteiger partial charge is 0.120 e. The average Bonchev–Trinajstić information content (AvgIpc) is 3.06. The number of thiazole rings is 1. The van der Waals surface area contributed by atoms with Gasteiger partial charge in [-0.25, -0.2) is 4.98 Å². The number of hydrogen-bond acceptors (Lipinski definition) is 4. The Kier molecular flexibility index (Phi) is 6.42. The lowest BCUT2D eigenvalue weighted by Crippen LogP contribution is -2.27. The summed E-state index contributed by atoms with van der Waals surface area (Å²) in [5, 5.41) is 1.19. The van der Waals surface area contributed by atoms with Crippen molar-refractivity contribution in [2.45, 2.75) is 26.7 Å². The molecule has 0 N–H and O–H groups in total. The summed E-state index contributed by atoms with van der Waals surface area (Å²) < 4.78 is 7.14. The monoisotopic (exact) mass is 354 g/mol. The van der Waals surface area contributed by atoms with Crippen molar-refractivity contribution >= 4 is 21.6 Å². The zero-order valence-corrected chi connectivity index (χ0v) is 15.9. The fraction of sp³-hybridized carbons (Fsp3) is 0.381. The van der Waals surface area contributed by atoms with Gasteiger partial charge < -0.3 is 9.64 Å². The molecule has 1 heterocycles. The first-order valence-corrected chi connectivity index (χ1v) is 9.88. The van der Waals surface area contributed by atoms with Gasteiger partial charge >= 0.3 is 0 Å². The number of fused-ring (bicyclic) bond motifs is 1. The van der Waals surface area contributed by atoms with E-state index in [1.807, 2.05) is 6.07 Å². The van der Waals surface area contributed by atoms with E-state index in [0.717, 1.165) is 50.3 Å². The zero-order chi connectivity index (χ0) is 17.5. The summed E-state index contributed by atoms with van der Waals surface area (Å²) in [4.78, 5) is 7.13. The summed E-state index contributed by atoms with van der Waals surface area (Å²) in [5.74, 6) is 0.943. The minimum atomic E-state index is 0.729. The quantitative estimate of drug-likeness (QED) is 0.552. The van der Waals surface area contributed by atoms with E-state index in [2.05, 4.69) is 61.2 Å². The lowest BCUT2D eigenvalue weighted by Gasteiger charge is -2.17. The molecule has 0 amide bonds. The maximum Gasteiger partial charge on any atom is 0.120 e. The van der Waals surface area contributed by atoms with E-state index >= 15 is 0 Å². The molecule has 132 valence electrons. The summed E-state index contributed by atoms with van der Waals surface area (Å²) in [6.07, 6.45) is 2.02. The van der Waals surface area contributed by atoms with Crippen molar-refractivity contribution in [3.8, 4) is 5.75 Å². The summed E-state index contributed by atoms with van der Waals surface area (Å²) in [7, 11) is 0. The van der Waals surface area contributed by atoms with Crippen molar-refractivity contribution < 1.29 is 4.74 Å². The van der Waals surface area contributed by atoms with Crippen LogP contribution in [0.2, 0.25) is 0 Å². The number of benzene rings is 2. The number of nitrogens with zero attached hydrogens (tertiary/aromatic N) is 2. The number of ether oxygens (including phenoxy) is 1. The molecule has 0 spiro atoms. The molecule has 0 atom stereocenters. The Morgan fingerprint density at radius 2 is 1.80 bits per heavy atom. The lowest BCUT2D eigenvalue weighted by atomic mass is 10.1. The molecular weight excluding hydrogens is 328 g/mol. The number of likely N-dealkylation sites (N-methyl/N-ethyl adjacent to an activating group) is 1. The topological polar surface area (TPSA) is 25.4 Å². The molecule has 0 unspecified atom stereocenters. The van der Waals surface area contributed by atoms with Crippen LogP contribution in [0.4, 0.5) is 0 Å². The second-order valence-corrected chi connectivity index (χ2v) is 7.21. The molecule has 0 aliphatic carbocycles. The van der Waals surface area contributed by atoms with Gasteiger partial charge in [0, 0.05) is 13.0 Å². The molecule has 0 aliphatic rings. The minimum Gasteiger partial charge on any atom is -0.492 e. The average molecular weight is 355 g/mol. The van der Waals surface area contributed by atoms with Gasteiger partial charge in [-0.3, -0.25) is 0 Å². The van der Waals surface area contributed by atoms with Gasteiger partial charge in [0.25, 0.3) is 0 Å². The van der Waals surface area contributed by atoms with Gasteiger partial charge in [-0.1, -0.05) is 44.2 Å². The summed E-state index contributed by atoms with van der Waals surface area (Å²) in [5.41, 5.74) is 2.44. The van der Waals surface area contributed by atoms with Gasteiger partial charge in [0.2, 0.25) is 0 Å². The molecule has 0 fully saturated rings. The summed E-state index contributed by atoms with van der Waals surface area (Å²) in [6, 6.07) is 16.8. The van der Waals surface area contributed by atoms with Crippen LogP contribution in [0.1, 0.15) is 24.4 Å². The first kappa shape index (κ1) is 17.9. The number of aromatic nitrogens is 1. The second-order valence-electron chi connectivity index (χ2n) is 6.10. The van der Waals surface area contributed by atoms with Gasteiger partial charge in [0.15, 0.2) is 0 Å². The fourth-order valence-electron chi connectivity index (χ4n) is 2.88. The van der Waals surface area contributed by atoms with E-state index in [-0.39, 0.29) is 0 Å². The van der Waals surface area contributed by atoms with Crippen LogP contribution in [0, 0.1) is 0 Å². The molecule has 3 rings (SSSR count). The molecule has 3 aromatic rings. The van der Waals surface area contributed by atoms with Crippen LogP contribution >= 0.6 is 11.3 Å². The normalized spacial score (nSPS) is 11.3. The Morgan fingerprint density at radius 1 is 1.00 bits per heavy atom. The van der Waals surface area contributed by atoms with Gasteiger partial charge in [-0.2, -0.15) is 0 Å². The maximum absolute atomic E-state index is 5.92. The highest BCUT2D eigenvalue weighted by atomic mass is 32.1. The van der Waals surface area contributed by atoms with Crippen LogP contribution in [0.25, 0.3) is 10.2 Å². The van der Waals surface area contributed by atoms with Crippen molar-refractivity contribution in [1.82, 2.24) is 9.88 Å². The molecule has 3 nitrogen and oxygen atoms in total. The van der Waals surface area contributed by atoms with Crippen LogP contribution in [0.15, 0.2) is 48.5 Å². The number of hydrogen-bond donors (Lipinski definition) is 0. The highest BCUT2D eigenvalue weighted by Gasteiger charge is 2.06. The SMILES string of the molecule is CCN(CC)CCOc1ccc2nc(CCc3ccccc3)sc2c1. The number of aryl methyl sites for hydroxylation is 2. The van der Waals surface area contributed by atoms with Crippen LogP contribution in [-0.2, 0) is 12.8 Å². The Labute approximate surface area is 154 Å². The predicted octanol–water partition coefficient (Wildman–Crippen LogP) is 4.80. The van der Waals surface area contributed by atoms with E-state index in [4.69, 9.17) is 9.72 Å². The Bertz CT molecular complexity index is 781. The molecule has 25 heavy (non-hydrogen) atoms. The van der Waals surface area contributed by atoms with Crippen molar-refractivity contribution in [3.05, 3.63) is 59.1 Å². The summed E-state index contributed by atoms with van der Waals surface area (Å²) in [6.45, 7) is 8.20. The molecule has 0 radical (unpaired) electrons. The van der Waals surface area contributed by atoms with E-state index in [1.165, 1.54) is 15.3 Å². The van der Waals surface area contributed by atoms with Crippen molar-refractivity contribution in [2.24, 2.45) is 0 Å². The van der Waals surface area contributed by atoms with E-state index in [1.54, 1.807) is 11.3 Å². The van der Waals surface area contributed by atoms with Crippen LogP contribution in [0.5, 0.6) is 5.75 Å². The molecule has 0 saturated heterocycles. The third-order valence-electron chi connectivity index (χ3n) is 4.45. The Morgan fingerprint density at radius 3 is 2.56 bits per heavy atom. The van der Waals surface area contributed by atoms with Gasteiger partial charge in [0.1, 0.15) is 12.4 Å². The minimum absolute atomic E-state index is 0.729. The highest BCUT2D eigenvalue weighted by Crippen LogP contribution is 2.27. The van der Waals surface area contributed by atoms with Gasteiger partial charge in [-0.05, 0) is 43.3 Å². The van der Waals surface area contributed by atoms with E-state index in [0.29, 0.717) is 0 Å². The molecule has 4 heteroatoms. The van der Waals surface area contributed by atoms with Gasteiger partial charge in [0.05, 0.1) is 15.2 Å². The highest BCUT2D eigenvalue weighted by molar-refractivity contribution is 7.18. The van der Waals surface area contributed by atoms with Crippen LogP contribution in [-0.4, -0.2) is 36.1 Å². The van der Waals surface area contributed by atoms with Crippen molar-refractivity contribution in [1.29, 1.82) is 0 Å². The summed E-state index contributed by atoms with van der Waals surface area (Å²) >= 11 is 1.78. The Hall–Kier alpha value is -1.91. The zero-order valence-electron chi connectivity index (χ0n) is 15.1. The molecule has 0 saturated carbocycles. The van der Waals surface area contributed by atoms with Crippen LogP contribution in [0.3, 0.4) is 0 Å². The first-order valence-electron chi connectivity index (χ1n) is 9.07. The fourth-order valence-corrected chi connectivity index (χ4v) is 3.87. The Balaban J connectivity index is 1.59. The largest absolute Gasteiger partial charge is 0.492 e. The molecule has 2 aromatic carbocycles. The molecule has 1 aromatic heterocycles. The maximum atomic E-state index is 5.92.